The quantitative estimate of drug-likeness (QED) is 0.891. The highest BCUT2D eigenvalue weighted by molar-refractivity contribution is 5.95. The van der Waals surface area contributed by atoms with E-state index in [1.54, 1.807) is 12.3 Å². The van der Waals surface area contributed by atoms with Gasteiger partial charge in [-0.3, -0.25) is 4.79 Å². The number of amides is 1. The minimum atomic E-state index is -0.233. The summed E-state index contributed by atoms with van der Waals surface area (Å²) in [5.74, 6) is 1.01. The van der Waals surface area contributed by atoms with Gasteiger partial charge < -0.3 is 14.4 Å². The molecule has 1 aliphatic heterocycles. The number of rotatable bonds is 2. The zero-order valence-electron chi connectivity index (χ0n) is 11.3. The third kappa shape index (κ3) is 2.18. The van der Waals surface area contributed by atoms with Gasteiger partial charge in [-0.2, -0.15) is 0 Å². The zero-order chi connectivity index (χ0) is 13.4. The molecule has 2 fully saturated rings. The molecule has 1 aliphatic carbocycles. The van der Waals surface area contributed by atoms with Crippen LogP contribution in [0, 0.1) is 12.8 Å². The molecule has 0 spiro atoms. The fourth-order valence-corrected chi connectivity index (χ4v) is 3.67. The number of hydrogen-bond donors (Lipinski definition) is 1. The Labute approximate surface area is 113 Å². The molecule has 0 radical (unpaired) electrons. The first-order valence-corrected chi connectivity index (χ1v) is 7.21. The summed E-state index contributed by atoms with van der Waals surface area (Å²) < 4.78 is 5.23. The molecule has 1 aromatic rings. The molecule has 0 aromatic carbocycles. The Morgan fingerprint density at radius 3 is 2.84 bits per heavy atom. The van der Waals surface area contributed by atoms with Crippen LogP contribution in [0.5, 0.6) is 0 Å². The summed E-state index contributed by atoms with van der Waals surface area (Å²) in [7, 11) is 0. The van der Waals surface area contributed by atoms with Gasteiger partial charge in [0.15, 0.2) is 0 Å². The molecule has 4 nitrogen and oxygen atoms in total. The Hall–Kier alpha value is -1.29. The second-order valence-corrected chi connectivity index (χ2v) is 5.76. The molecule has 2 aliphatic rings. The van der Waals surface area contributed by atoms with E-state index >= 15 is 0 Å². The van der Waals surface area contributed by atoms with Gasteiger partial charge in [-0.15, -0.1) is 0 Å². The van der Waals surface area contributed by atoms with Gasteiger partial charge in [0.2, 0.25) is 0 Å². The first-order chi connectivity index (χ1) is 9.18. The van der Waals surface area contributed by atoms with Crippen LogP contribution < -0.4 is 0 Å². The summed E-state index contributed by atoms with van der Waals surface area (Å²) in [4.78, 5) is 14.5. The smallest absolute Gasteiger partial charge is 0.257 e. The average Bonchev–Trinajstić information content (AvgIpc) is 3.07. The summed E-state index contributed by atoms with van der Waals surface area (Å²) >= 11 is 0. The summed E-state index contributed by atoms with van der Waals surface area (Å²) in [5.41, 5.74) is 0.666. The second kappa shape index (κ2) is 5.00. The molecule has 1 saturated heterocycles. The molecule has 2 heterocycles. The Morgan fingerprint density at radius 2 is 2.21 bits per heavy atom. The largest absolute Gasteiger partial charge is 0.469 e. The lowest BCUT2D eigenvalue weighted by atomic mass is 9.93. The molecule has 3 unspecified atom stereocenters. The van der Waals surface area contributed by atoms with Gasteiger partial charge >= 0.3 is 0 Å². The van der Waals surface area contributed by atoms with Crippen LogP contribution in [0.15, 0.2) is 16.7 Å². The van der Waals surface area contributed by atoms with Gasteiger partial charge in [-0.05, 0) is 38.7 Å². The number of carbonyl (C=O) groups excluding carboxylic acids is 1. The van der Waals surface area contributed by atoms with Crippen LogP contribution in [0.25, 0.3) is 0 Å². The van der Waals surface area contributed by atoms with Gasteiger partial charge in [-0.25, -0.2) is 0 Å². The maximum Gasteiger partial charge on any atom is 0.257 e. The average molecular weight is 263 g/mol. The third-order valence-electron chi connectivity index (χ3n) is 4.68. The van der Waals surface area contributed by atoms with Crippen molar-refractivity contribution in [1.82, 2.24) is 4.90 Å². The highest BCUT2D eigenvalue weighted by Crippen LogP contribution is 2.36. The Balaban J connectivity index is 1.80. The third-order valence-corrected chi connectivity index (χ3v) is 4.68. The summed E-state index contributed by atoms with van der Waals surface area (Å²) in [6.45, 7) is 2.63. The number of aryl methyl sites for hydroxylation is 1. The van der Waals surface area contributed by atoms with E-state index in [0.717, 1.165) is 38.6 Å². The number of hydrogen-bond acceptors (Lipinski definition) is 3. The van der Waals surface area contributed by atoms with Crippen LogP contribution in [-0.4, -0.2) is 34.6 Å². The normalized spacial score (nSPS) is 31.1. The monoisotopic (exact) mass is 263 g/mol. The van der Waals surface area contributed by atoms with Crippen LogP contribution in [0.1, 0.15) is 48.2 Å². The van der Waals surface area contributed by atoms with Crippen molar-refractivity contribution in [2.75, 3.05) is 6.54 Å². The molecule has 3 atom stereocenters. The van der Waals surface area contributed by atoms with Gasteiger partial charge in [-0.1, -0.05) is 6.42 Å². The minimum absolute atomic E-state index is 0.0628. The van der Waals surface area contributed by atoms with Gasteiger partial charge in [0, 0.05) is 18.5 Å². The van der Waals surface area contributed by atoms with Crippen molar-refractivity contribution in [3.05, 3.63) is 23.7 Å². The lowest BCUT2D eigenvalue weighted by Crippen LogP contribution is -2.42. The summed E-state index contributed by atoms with van der Waals surface area (Å²) in [6, 6.07) is 1.96. The number of nitrogens with zero attached hydrogens (tertiary/aromatic N) is 1. The van der Waals surface area contributed by atoms with Crippen molar-refractivity contribution >= 4 is 5.91 Å². The fourth-order valence-electron chi connectivity index (χ4n) is 3.67. The van der Waals surface area contributed by atoms with E-state index in [0.29, 0.717) is 11.3 Å². The fraction of sp³-hybridized carbons (Fsp3) is 0.667. The number of likely N-dealkylation sites (tertiary alicyclic amines) is 1. The Bertz CT molecular complexity index is 468. The van der Waals surface area contributed by atoms with E-state index in [2.05, 4.69) is 0 Å². The van der Waals surface area contributed by atoms with Gasteiger partial charge in [0.25, 0.3) is 5.91 Å². The molecule has 3 rings (SSSR count). The predicted octanol–water partition coefficient (Wildman–Crippen LogP) is 2.35. The minimum Gasteiger partial charge on any atom is -0.469 e. The molecule has 1 saturated carbocycles. The van der Waals surface area contributed by atoms with E-state index in [4.69, 9.17) is 4.42 Å². The van der Waals surface area contributed by atoms with E-state index < -0.39 is 0 Å². The van der Waals surface area contributed by atoms with E-state index in [1.165, 1.54) is 0 Å². The molecule has 1 amide bonds. The van der Waals surface area contributed by atoms with Crippen molar-refractivity contribution in [2.24, 2.45) is 5.92 Å². The van der Waals surface area contributed by atoms with Crippen molar-refractivity contribution in [3.8, 4) is 0 Å². The number of carbonyl (C=O) groups is 1. The number of furan rings is 1. The van der Waals surface area contributed by atoms with E-state index in [1.807, 2.05) is 11.8 Å². The maximum atomic E-state index is 12.6. The van der Waals surface area contributed by atoms with Crippen molar-refractivity contribution in [3.63, 3.8) is 0 Å². The lowest BCUT2D eigenvalue weighted by molar-refractivity contribution is 0.0526. The Morgan fingerprint density at radius 1 is 1.37 bits per heavy atom. The summed E-state index contributed by atoms with van der Waals surface area (Å²) in [5, 5.41) is 10.1. The molecule has 1 N–H and O–H groups in total. The van der Waals surface area contributed by atoms with E-state index in [-0.39, 0.29) is 24.0 Å². The highest BCUT2D eigenvalue weighted by atomic mass is 16.3. The van der Waals surface area contributed by atoms with Crippen LogP contribution in [0.4, 0.5) is 0 Å². The van der Waals surface area contributed by atoms with E-state index in [9.17, 15) is 9.90 Å². The van der Waals surface area contributed by atoms with Crippen molar-refractivity contribution in [1.29, 1.82) is 0 Å². The van der Waals surface area contributed by atoms with Crippen LogP contribution in [0.3, 0.4) is 0 Å². The SMILES string of the molecule is Cc1occc1C(=O)N1CCCC1C1CCCC1O. The van der Waals surface area contributed by atoms with Crippen molar-refractivity contribution < 1.29 is 14.3 Å². The van der Waals surface area contributed by atoms with Crippen molar-refractivity contribution in [2.45, 2.75) is 51.2 Å². The van der Waals surface area contributed by atoms with Crippen LogP contribution >= 0.6 is 0 Å². The first-order valence-electron chi connectivity index (χ1n) is 7.21. The first kappa shape index (κ1) is 12.7. The molecule has 19 heavy (non-hydrogen) atoms. The molecule has 4 heteroatoms. The van der Waals surface area contributed by atoms with Gasteiger partial charge in [0.05, 0.1) is 17.9 Å². The number of aliphatic hydroxyl groups is 1. The predicted molar refractivity (Wildman–Crippen MR) is 70.9 cm³/mol. The maximum absolute atomic E-state index is 12.6. The molecule has 104 valence electrons. The lowest BCUT2D eigenvalue weighted by Gasteiger charge is -2.31. The molecular formula is C15H21NO3. The van der Waals surface area contributed by atoms with Crippen LogP contribution in [0.2, 0.25) is 0 Å². The van der Waals surface area contributed by atoms with Gasteiger partial charge in [0.1, 0.15) is 5.76 Å². The second-order valence-electron chi connectivity index (χ2n) is 5.76. The zero-order valence-corrected chi connectivity index (χ0v) is 11.3. The van der Waals surface area contributed by atoms with Crippen LogP contribution in [-0.2, 0) is 0 Å². The topological polar surface area (TPSA) is 53.7 Å². The summed E-state index contributed by atoms with van der Waals surface area (Å²) in [6.07, 6.45) is 6.39. The molecular weight excluding hydrogens is 242 g/mol. The molecule has 1 aromatic heterocycles. The Kier molecular flexibility index (Phi) is 3.35. The number of aliphatic hydroxyl groups excluding tert-OH is 1. The highest BCUT2D eigenvalue weighted by Gasteiger charge is 2.40. The molecule has 0 bridgehead atoms. The standard InChI is InChI=1S/C15H21NO3/c1-10-11(7-9-19-10)15(18)16-8-3-5-13(16)12-4-2-6-14(12)17/h7,9,12-14,17H,2-6,8H2,1H3.